The van der Waals surface area contributed by atoms with E-state index in [9.17, 15) is 0 Å². The molecule has 0 heterocycles. The van der Waals surface area contributed by atoms with E-state index in [0.717, 1.165) is 25.3 Å². The van der Waals surface area contributed by atoms with Crippen LogP contribution in [0.3, 0.4) is 0 Å². The van der Waals surface area contributed by atoms with Crippen molar-refractivity contribution in [3.63, 3.8) is 0 Å². The molecule has 0 saturated heterocycles. The Labute approximate surface area is 179 Å². The maximum Gasteiger partial charge on any atom is 0.124 e. The molecule has 2 nitrogen and oxygen atoms in total. The van der Waals surface area contributed by atoms with E-state index in [1.165, 1.54) is 27.5 Å². The second-order valence-electron chi connectivity index (χ2n) is 6.95. The molecule has 0 aliphatic rings. The van der Waals surface area contributed by atoms with Crippen LogP contribution in [0.2, 0.25) is 0 Å². The van der Waals surface area contributed by atoms with E-state index in [4.69, 9.17) is 4.74 Å². The smallest absolute Gasteiger partial charge is 0.124 e. The Morgan fingerprint density at radius 1 is 0.655 bits per heavy atom. The third-order valence-corrected chi connectivity index (χ3v) is 4.97. The van der Waals surface area contributed by atoms with Gasteiger partial charge in [0.05, 0.1) is 0 Å². The largest absolute Gasteiger partial charge is 0.489 e. The molecule has 0 unspecified atom stereocenters. The number of hydrogen-bond donors (Lipinski definition) is 1. The van der Waals surface area contributed by atoms with Gasteiger partial charge in [-0.3, -0.25) is 0 Å². The Bertz CT molecular complexity index is 1020. The number of ether oxygens (including phenoxy) is 1. The Hall–Kier alpha value is -2.81. The number of nitrogens with one attached hydrogen (secondary N) is 1. The van der Waals surface area contributed by atoms with Gasteiger partial charge in [-0.2, -0.15) is 0 Å². The molecule has 0 aromatic heterocycles. The van der Waals surface area contributed by atoms with Gasteiger partial charge in [-0.1, -0.05) is 91.0 Å². The fourth-order valence-corrected chi connectivity index (χ4v) is 3.46. The van der Waals surface area contributed by atoms with Gasteiger partial charge in [0.1, 0.15) is 12.4 Å². The molecular formula is C26H26ClNO. The quantitative estimate of drug-likeness (QED) is 0.355. The lowest BCUT2D eigenvalue weighted by atomic mass is 10.0. The molecule has 4 aromatic carbocycles. The highest BCUT2D eigenvalue weighted by Gasteiger charge is 2.09. The van der Waals surface area contributed by atoms with Crippen molar-refractivity contribution in [3.8, 4) is 5.75 Å². The van der Waals surface area contributed by atoms with Crippen molar-refractivity contribution in [1.29, 1.82) is 0 Å². The van der Waals surface area contributed by atoms with Crippen LogP contribution in [-0.2, 0) is 19.6 Å². The Morgan fingerprint density at radius 3 is 2.07 bits per heavy atom. The van der Waals surface area contributed by atoms with Crippen LogP contribution in [0.5, 0.6) is 5.75 Å². The molecule has 4 aromatic rings. The first-order valence-electron chi connectivity index (χ1n) is 9.82. The van der Waals surface area contributed by atoms with E-state index in [2.05, 4.69) is 84.2 Å². The van der Waals surface area contributed by atoms with E-state index in [-0.39, 0.29) is 12.4 Å². The molecule has 0 atom stereocenters. The molecule has 29 heavy (non-hydrogen) atoms. The van der Waals surface area contributed by atoms with E-state index >= 15 is 0 Å². The van der Waals surface area contributed by atoms with Crippen molar-refractivity contribution in [3.05, 3.63) is 114 Å². The van der Waals surface area contributed by atoms with Gasteiger partial charge < -0.3 is 10.1 Å². The highest BCUT2D eigenvalue weighted by Crippen LogP contribution is 2.28. The first-order chi connectivity index (χ1) is 13.9. The summed E-state index contributed by atoms with van der Waals surface area (Å²) in [5.74, 6) is 0.953. The predicted octanol–water partition coefficient (Wildman–Crippen LogP) is 6.17. The lowest BCUT2D eigenvalue weighted by molar-refractivity contribution is 0.303. The molecule has 0 amide bonds. The van der Waals surface area contributed by atoms with Crippen molar-refractivity contribution in [2.24, 2.45) is 0 Å². The normalized spacial score (nSPS) is 10.5. The predicted molar refractivity (Wildman–Crippen MR) is 124 cm³/mol. The molecule has 1 N–H and O–H groups in total. The molecule has 0 radical (unpaired) electrons. The van der Waals surface area contributed by atoms with Gasteiger partial charge in [0, 0.05) is 12.1 Å². The number of fused-ring (bicyclic) bond motifs is 1. The van der Waals surface area contributed by atoms with Crippen LogP contribution in [0.1, 0.15) is 16.7 Å². The molecule has 0 fully saturated rings. The Morgan fingerprint density at radius 2 is 1.31 bits per heavy atom. The van der Waals surface area contributed by atoms with Crippen LogP contribution < -0.4 is 10.1 Å². The Balaban J connectivity index is 0.00000240. The van der Waals surface area contributed by atoms with Gasteiger partial charge in [0.2, 0.25) is 0 Å². The summed E-state index contributed by atoms with van der Waals surface area (Å²) >= 11 is 0. The second-order valence-corrected chi connectivity index (χ2v) is 6.95. The maximum atomic E-state index is 6.21. The first kappa shape index (κ1) is 20.9. The lowest BCUT2D eigenvalue weighted by Crippen LogP contribution is -2.17. The summed E-state index contributed by atoms with van der Waals surface area (Å²) in [7, 11) is 0. The van der Waals surface area contributed by atoms with Crippen molar-refractivity contribution in [2.45, 2.75) is 19.6 Å². The van der Waals surface area contributed by atoms with Crippen molar-refractivity contribution in [2.75, 3.05) is 6.54 Å². The van der Waals surface area contributed by atoms with Crippen molar-refractivity contribution < 1.29 is 4.74 Å². The van der Waals surface area contributed by atoms with Gasteiger partial charge in [0.15, 0.2) is 0 Å². The zero-order chi connectivity index (χ0) is 19.0. The SMILES string of the molecule is Cl.c1ccc(CCNCc2c(OCc3ccccc3)ccc3ccccc23)cc1. The summed E-state index contributed by atoms with van der Waals surface area (Å²) in [5.41, 5.74) is 3.76. The second kappa shape index (κ2) is 10.7. The third kappa shape index (κ3) is 5.60. The number of hydrogen-bond acceptors (Lipinski definition) is 2. The molecule has 0 aliphatic heterocycles. The summed E-state index contributed by atoms with van der Waals surface area (Å²) in [6.45, 7) is 2.31. The number of rotatable bonds is 8. The summed E-state index contributed by atoms with van der Waals surface area (Å²) in [5, 5.41) is 6.10. The molecule has 0 aliphatic carbocycles. The first-order valence-corrected chi connectivity index (χ1v) is 9.82. The number of benzene rings is 4. The average Bonchev–Trinajstić information content (AvgIpc) is 2.77. The summed E-state index contributed by atoms with van der Waals surface area (Å²) in [6, 6.07) is 33.7. The monoisotopic (exact) mass is 403 g/mol. The number of halogens is 1. The van der Waals surface area contributed by atoms with Crippen LogP contribution in [0.25, 0.3) is 10.8 Å². The van der Waals surface area contributed by atoms with Crippen LogP contribution in [-0.4, -0.2) is 6.54 Å². The van der Waals surface area contributed by atoms with E-state index in [1.54, 1.807) is 0 Å². The maximum absolute atomic E-state index is 6.21. The third-order valence-electron chi connectivity index (χ3n) is 4.97. The molecule has 148 valence electrons. The lowest BCUT2D eigenvalue weighted by Gasteiger charge is -2.15. The Kier molecular flexibility index (Phi) is 7.69. The zero-order valence-electron chi connectivity index (χ0n) is 16.4. The van der Waals surface area contributed by atoms with E-state index in [1.807, 2.05) is 18.2 Å². The minimum Gasteiger partial charge on any atom is -0.489 e. The summed E-state index contributed by atoms with van der Waals surface area (Å²) < 4.78 is 6.21. The molecule has 0 spiro atoms. The van der Waals surface area contributed by atoms with E-state index in [0.29, 0.717) is 6.61 Å². The fraction of sp³-hybridized carbons (Fsp3) is 0.154. The van der Waals surface area contributed by atoms with Crippen LogP contribution in [0.4, 0.5) is 0 Å². The zero-order valence-corrected chi connectivity index (χ0v) is 17.2. The van der Waals surface area contributed by atoms with Gasteiger partial charge in [-0.25, -0.2) is 0 Å². The highest BCUT2D eigenvalue weighted by atomic mass is 35.5. The van der Waals surface area contributed by atoms with Crippen LogP contribution >= 0.6 is 12.4 Å². The van der Waals surface area contributed by atoms with Gasteiger partial charge >= 0.3 is 0 Å². The molecule has 4 rings (SSSR count). The van der Waals surface area contributed by atoms with Crippen LogP contribution in [0, 0.1) is 0 Å². The summed E-state index contributed by atoms with van der Waals surface area (Å²) in [6.07, 6.45) is 1.02. The minimum absolute atomic E-state index is 0. The molecular weight excluding hydrogens is 378 g/mol. The standard InChI is InChI=1S/C26H25NO.ClH/c1-3-9-21(10-4-1)17-18-27-19-25-24-14-8-7-13-23(24)15-16-26(25)28-20-22-11-5-2-6-12-22;/h1-16,27H,17-20H2;1H. The van der Waals surface area contributed by atoms with Gasteiger partial charge in [-0.05, 0) is 40.9 Å². The summed E-state index contributed by atoms with van der Waals surface area (Å²) in [4.78, 5) is 0. The molecule has 0 bridgehead atoms. The molecule has 3 heteroatoms. The van der Waals surface area contributed by atoms with E-state index < -0.39 is 0 Å². The minimum atomic E-state index is 0. The average molecular weight is 404 g/mol. The molecule has 0 saturated carbocycles. The van der Waals surface area contributed by atoms with Crippen molar-refractivity contribution in [1.82, 2.24) is 5.32 Å². The highest BCUT2D eigenvalue weighted by molar-refractivity contribution is 5.87. The van der Waals surface area contributed by atoms with Gasteiger partial charge in [0.25, 0.3) is 0 Å². The van der Waals surface area contributed by atoms with Gasteiger partial charge in [-0.15, -0.1) is 12.4 Å². The fourth-order valence-electron chi connectivity index (χ4n) is 3.46. The van der Waals surface area contributed by atoms with Crippen molar-refractivity contribution >= 4 is 23.2 Å². The topological polar surface area (TPSA) is 21.3 Å². The van der Waals surface area contributed by atoms with Crippen LogP contribution in [0.15, 0.2) is 97.1 Å².